The van der Waals surface area contributed by atoms with E-state index in [0.717, 1.165) is 0 Å². The zero-order valence-corrected chi connectivity index (χ0v) is 10.4. The van der Waals surface area contributed by atoms with Crippen LogP contribution in [-0.2, 0) is 19.1 Å². The molecule has 4 nitrogen and oxygen atoms in total. The first-order chi connectivity index (χ1) is 8.69. The molecule has 4 aliphatic rings. The average Bonchev–Trinajstić information content (AvgIpc) is 2.35. The van der Waals surface area contributed by atoms with Gasteiger partial charge in [-0.25, -0.2) is 0 Å². The van der Waals surface area contributed by atoms with E-state index < -0.39 is 11.8 Å². The van der Waals surface area contributed by atoms with Crippen LogP contribution in [0.1, 0.15) is 0 Å². The van der Waals surface area contributed by atoms with Gasteiger partial charge in [-0.1, -0.05) is 24.3 Å². The van der Waals surface area contributed by atoms with Gasteiger partial charge in [0, 0.05) is 0 Å². The maximum atomic E-state index is 12.0. The fourth-order valence-corrected chi connectivity index (χ4v) is 3.73. The highest BCUT2D eigenvalue weighted by Gasteiger charge is 2.58. The van der Waals surface area contributed by atoms with E-state index in [4.69, 9.17) is 9.47 Å². The smallest absolute Gasteiger partial charge is 0.310 e. The molecule has 0 aromatic rings. The molecule has 0 aliphatic heterocycles. The van der Waals surface area contributed by atoms with Gasteiger partial charge in [-0.2, -0.15) is 0 Å². The van der Waals surface area contributed by atoms with Gasteiger partial charge in [0.2, 0.25) is 0 Å². The molecule has 0 aromatic heterocycles. The van der Waals surface area contributed by atoms with Crippen LogP contribution in [0.5, 0.6) is 0 Å². The quantitative estimate of drug-likeness (QED) is 0.544. The first kappa shape index (κ1) is 11.5. The molecule has 0 radical (unpaired) electrons. The molecule has 0 amide bonds. The molecule has 4 heteroatoms. The van der Waals surface area contributed by atoms with Crippen LogP contribution >= 0.6 is 0 Å². The van der Waals surface area contributed by atoms with Crippen molar-refractivity contribution >= 4 is 11.9 Å². The molecule has 0 heterocycles. The third kappa shape index (κ3) is 1.32. The molecule has 4 aliphatic carbocycles. The highest BCUT2D eigenvalue weighted by molar-refractivity contribution is 5.84. The highest BCUT2D eigenvalue weighted by atomic mass is 16.5. The van der Waals surface area contributed by atoms with Crippen LogP contribution in [0.15, 0.2) is 24.3 Å². The van der Waals surface area contributed by atoms with Crippen molar-refractivity contribution in [3.63, 3.8) is 0 Å². The molecule has 0 saturated heterocycles. The zero-order chi connectivity index (χ0) is 12.9. The maximum Gasteiger partial charge on any atom is 0.310 e. The summed E-state index contributed by atoms with van der Waals surface area (Å²) in [5.74, 6) is -0.502. The van der Waals surface area contributed by atoms with Crippen molar-refractivity contribution in [3.05, 3.63) is 24.3 Å². The van der Waals surface area contributed by atoms with Crippen molar-refractivity contribution in [2.75, 3.05) is 14.2 Å². The Hall–Kier alpha value is -1.58. The van der Waals surface area contributed by atoms with E-state index in [-0.39, 0.29) is 23.8 Å². The summed E-state index contributed by atoms with van der Waals surface area (Å²) in [6, 6.07) is 0. The topological polar surface area (TPSA) is 52.6 Å². The highest BCUT2D eigenvalue weighted by Crippen LogP contribution is 2.56. The standard InChI is InChI=1S/C14H16O4/c1-17-13(15)11-9-5-6-10(8-4-3-7(8)9)12(11)14(16)18-2/h3-12H,1-2H3/t7-,8-,9-,10+,11-,12+/m0/s1. The minimum atomic E-state index is -0.399. The molecule has 1 fully saturated rings. The van der Waals surface area contributed by atoms with Gasteiger partial charge in [0.1, 0.15) is 0 Å². The number of hydrogen-bond acceptors (Lipinski definition) is 4. The van der Waals surface area contributed by atoms with Crippen LogP contribution < -0.4 is 0 Å². The first-order valence-corrected chi connectivity index (χ1v) is 6.21. The Kier molecular flexibility index (Phi) is 2.54. The average molecular weight is 248 g/mol. The fraction of sp³-hybridized carbons (Fsp3) is 0.571. The summed E-state index contributed by atoms with van der Waals surface area (Å²) in [6.45, 7) is 0. The Balaban J connectivity index is 2.00. The summed E-state index contributed by atoms with van der Waals surface area (Å²) in [5, 5.41) is 0. The van der Waals surface area contributed by atoms with Gasteiger partial charge in [-0.05, 0) is 23.7 Å². The fourth-order valence-electron chi connectivity index (χ4n) is 3.73. The number of rotatable bonds is 2. The van der Waals surface area contributed by atoms with Crippen molar-refractivity contribution in [1.29, 1.82) is 0 Å². The monoisotopic (exact) mass is 248 g/mol. The molecule has 1 saturated carbocycles. The van der Waals surface area contributed by atoms with Crippen molar-refractivity contribution in [3.8, 4) is 0 Å². The van der Waals surface area contributed by atoms with E-state index in [9.17, 15) is 9.59 Å². The number of fused-ring (bicyclic) bond motifs is 1. The Morgan fingerprint density at radius 1 is 0.722 bits per heavy atom. The molecular formula is C14H16O4. The predicted molar refractivity (Wildman–Crippen MR) is 63.3 cm³/mol. The molecule has 18 heavy (non-hydrogen) atoms. The molecule has 6 atom stereocenters. The van der Waals surface area contributed by atoms with Crippen molar-refractivity contribution in [2.24, 2.45) is 35.5 Å². The third-order valence-electron chi connectivity index (χ3n) is 4.61. The summed E-state index contributed by atoms with van der Waals surface area (Å²) in [7, 11) is 2.74. The number of methoxy groups -OCH3 is 2. The predicted octanol–water partition coefficient (Wildman–Crippen LogP) is 1.18. The van der Waals surface area contributed by atoms with E-state index in [0.29, 0.717) is 11.8 Å². The Morgan fingerprint density at radius 3 is 1.33 bits per heavy atom. The second-order valence-corrected chi connectivity index (χ2v) is 5.18. The summed E-state index contributed by atoms with van der Waals surface area (Å²) in [6.07, 6.45) is 8.40. The zero-order valence-electron chi connectivity index (χ0n) is 10.4. The van der Waals surface area contributed by atoms with Gasteiger partial charge in [0.05, 0.1) is 26.1 Å². The second kappa shape index (κ2) is 3.97. The maximum absolute atomic E-state index is 12.0. The van der Waals surface area contributed by atoms with Crippen molar-refractivity contribution < 1.29 is 19.1 Å². The van der Waals surface area contributed by atoms with E-state index in [1.54, 1.807) is 0 Å². The Bertz CT molecular complexity index is 411. The van der Waals surface area contributed by atoms with Crippen LogP contribution in [0.4, 0.5) is 0 Å². The van der Waals surface area contributed by atoms with Crippen LogP contribution in [0.3, 0.4) is 0 Å². The molecule has 96 valence electrons. The Labute approximate surface area is 106 Å². The number of carbonyl (C=O) groups excluding carboxylic acids is 2. The van der Waals surface area contributed by atoms with Crippen LogP contribution in [0.25, 0.3) is 0 Å². The lowest BCUT2D eigenvalue weighted by Crippen LogP contribution is -2.55. The first-order valence-electron chi connectivity index (χ1n) is 6.21. The Morgan fingerprint density at radius 2 is 1.06 bits per heavy atom. The lowest BCUT2D eigenvalue weighted by Gasteiger charge is -2.53. The van der Waals surface area contributed by atoms with Gasteiger partial charge in [-0.3, -0.25) is 9.59 Å². The molecule has 0 spiro atoms. The van der Waals surface area contributed by atoms with Gasteiger partial charge in [-0.15, -0.1) is 0 Å². The van der Waals surface area contributed by atoms with Crippen LogP contribution in [0, 0.1) is 35.5 Å². The normalized spacial score (nSPS) is 43.0. The molecule has 0 N–H and O–H groups in total. The number of allylic oxidation sites excluding steroid dienone is 4. The minimum Gasteiger partial charge on any atom is -0.469 e. The lowest BCUT2D eigenvalue weighted by atomic mass is 9.50. The summed E-state index contributed by atoms with van der Waals surface area (Å²) in [5.41, 5.74) is 0. The van der Waals surface area contributed by atoms with Crippen molar-refractivity contribution in [1.82, 2.24) is 0 Å². The van der Waals surface area contributed by atoms with E-state index in [2.05, 4.69) is 24.3 Å². The van der Waals surface area contributed by atoms with Crippen molar-refractivity contribution in [2.45, 2.75) is 0 Å². The van der Waals surface area contributed by atoms with Crippen LogP contribution in [0.2, 0.25) is 0 Å². The largest absolute Gasteiger partial charge is 0.469 e. The number of carbonyl (C=O) groups is 2. The lowest BCUT2D eigenvalue weighted by molar-refractivity contribution is -0.167. The van der Waals surface area contributed by atoms with Gasteiger partial charge >= 0.3 is 11.9 Å². The van der Waals surface area contributed by atoms with Gasteiger partial charge < -0.3 is 9.47 Å². The summed E-state index contributed by atoms with van der Waals surface area (Å²) >= 11 is 0. The number of esters is 2. The van der Waals surface area contributed by atoms with Gasteiger partial charge in [0.25, 0.3) is 0 Å². The van der Waals surface area contributed by atoms with Gasteiger partial charge in [0.15, 0.2) is 0 Å². The minimum absolute atomic E-state index is 0.0709. The van der Waals surface area contributed by atoms with E-state index in [1.807, 2.05) is 0 Å². The molecule has 4 rings (SSSR count). The number of hydrogen-bond donors (Lipinski definition) is 0. The molecule has 2 bridgehead atoms. The SMILES string of the molecule is COC(=O)[C@@H]1[C@@H]2C=C[C@@H]([C@H]3C=C[C@@H]32)[C@@H]1C(=O)OC. The number of ether oxygens (including phenoxy) is 2. The summed E-state index contributed by atoms with van der Waals surface area (Å²) < 4.78 is 9.74. The van der Waals surface area contributed by atoms with E-state index >= 15 is 0 Å². The third-order valence-corrected chi connectivity index (χ3v) is 4.61. The molecule has 0 aromatic carbocycles. The second-order valence-electron chi connectivity index (χ2n) is 5.18. The van der Waals surface area contributed by atoms with Crippen LogP contribution in [-0.4, -0.2) is 26.2 Å². The molecular weight excluding hydrogens is 232 g/mol. The molecule has 0 unspecified atom stereocenters. The van der Waals surface area contributed by atoms with E-state index in [1.165, 1.54) is 14.2 Å². The summed E-state index contributed by atoms with van der Waals surface area (Å²) in [4.78, 5) is 24.0.